The zero-order valence-corrected chi connectivity index (χ0v) is 18.0. The van der Waals surface area contributed by atoms with Gasteiger partial charge in [-0.2, -0.15) is 0 Å². The number of halogens is 1. The molecule has 0 radical (unpaired) electrons. The number of fused-ring (bicyclic) bond motifs is 1. The maximum absolute atomic E-state index is 12.4. The van der Waals surface area contributed by atoms with E-state index in [0.717, 1.165) is 73.4 Å². The van der Waals surface area contributed by atoms with Crippen LogP contribution >= 0.6 is 11.6 Å². The number of benzene rings is 2. The Morgan fingerprint density at radius 3 is 2.68 bits per heavy atom. The zero-order valence-electron chi connectivity index (χ0n) is 17.3. The fraction of sp³-hybridized carbons (Fsp3) is 0.333. The first-order valence-corrected chi connectivity index (χ1v) is 11.2. The van der Waals surface area contributed by atoms with Crippen LogP contribution in [0.15, 0.2) is 63.9 Å². The van der Waals surface area contributed by atoms with E-state index in [1.165, 1.54) is 0 Å². The molecule has 1 aliphatic heterocycles. The van der Waals surface area contributed by atoms with Gasteiger partial charge in [0.15, 0.2) is 0 Å². The molecular weight excluding hydrogens is 412 g/mol. The summed E-state index contributed by atoms with van der Waals surface area (Å²) < 4.78 is 7.46. The highest BCUT2D eigenvalue weighted by atomic mass is 35.5. The SMILES string of the molecule is O=c1[nH]c2ccccc2n1C1CCN(CCCc2cc(-c3ccc(Cl)cc3)no2)CC1. The van der Waals surface area contributed by atoms with Crippen molar-refractivity contribution in [2.24, 2.45) is 0 Å². The number of para-hydroxylation sites is 2. The third kappa shape index (κ3) is 4.31. The predicted octanol–water partition coefficient (Wildman–Crippen LogP) is 4.91. The van der Waals surface area contributed by atoms with Gasteiger partial charge in [-0.1, -0.05) is 41.0 Å². The van der Waals surface area contributed by atoms with Gasteiger partial charge in [0.2, 0.25) is 0 Å². The molecule has 4 aromatic rings. The maximum Gasteiger partial charge on any atom is 0.326 e. The number of likely N-dealkylation sites (tertiary alicyclic amines) is 1. The molecule has 1 aliphatic rings. The molecule has 1 N–H and O–H groups in total. The van der Waals surface area contributed by atoms with Gasteiger partial charge in [-0.05, 0) is 50.1 Å². The Kier molecular flexibility index (Phi) is 5.66. The number of aromatic nitrogens is 3. The lowest BCUT2D eigenvalue weighted by Gasteiger charge is -2.32. The molecule has 31 heavy (non-hydrogen) atoms. The van der Waals surface area contributed by atoms with E-state index >= 15 is 0 Å². The summed E-state index contributed by atoms with van der Waals surface area (Å²) in [6, 6.07) is 17.8. The standard InChI is InChI=1S/C24H25ClN4O2/c25-18-9-7-17(8-10-18)22-16-20(31-27-22)4-3-13-28-14-11-19(12-15-28)29-23-6-2-1-5-21(23)26-24(29)30/h1-2,5-10,16,19H,3-4,11-15H2,(H,26,30). The van der Waals surface area contributed by atoms with Gasteiger partial charge in [-0.25, -0.2) is 4.79 Å². The van der Waals surface area contributed by atoms with Gasteiger partial charge in [0.1, 0.15) is 11.5 Å². The second-order valence-corrected chi connectivity index (χ2v) is 8.62. The van der Waals surface area contributed by atoms with Crippen LogP contribution < -0.4 is 5.69 Å². The number of imidazole rings is 1. The van der Waals surface area contributed by atoms with Crippen LogP contribution in [0.5, 0.6) is 0 Å². The fourth-order valence-electron chi connectivity index (χ4n) is 4.50. The minimum atomic E-state index is 0.00135. The summed E-state index contributed by atoms with van der Waals surface area (Å²) in [4.78, 5) is 17.9. The lowest BCUT2D eigenvalue weighted by molar-refractivity contribution is 0.184. The molecule has 0 atom stereocenters. The Balaban J connectivity index is 1.13. The first-order chi connectivity index (χ1) is 15.2. The molecule has 6 nitrogen and oxygen atoms in total. The first kappa shape index (κ1) is 20.1. The number of nitrogens with zero attached hydrogens (tertiary/aromatic N) is 3. The van der Waals surface area contributed by atoms with Gasteiger partial charge in [-0.15, -0.1) is 0 Å². The van der Waals surface area contributed by atoms with Crippen molar-refractivity contribution in [3.63, 3.8) is 0 Å². The van der Waals surface area contributed by atoms with Gasteiger partial charge in [0.05, 0.1) is 11.0 Å². The summed E-state index contributed by atoms with van der Waals surface area (Å²) in [5.74, 6) is 0.908. The van der Waals surface area contributed by atoms with Gasteiger partial charge in [0, 0.05) is 42.2 Å². The highest BCUT2D eigenvalue weighted by Crippen LogP contribution is 2.25. The average Bonchev–Trinajstić information content (AvgIpc) is 3.39. The number of hydrogen-bond donors (Lipinski definition) is 1. The van der Waals surface area contributed by atoms with Gasteiger partial charge in [-0.3, -0.25) is 4.57 Å². The summed E-state index contributed by atoms with van der Waals surface area (Å²) >= 11 is 5.95. The molecule has 0 aliphatic carbocycles. The number of piperidine rings is 1. The molecule has 7 heteroatoms. The van der Waals surface area contributed by atoms with Crippen molar-refractivity contribution in [3.05, 3.63) is 75.9 Å². The smallest absolute Gasteiger partial charge is 0.326 e. The lowest BCUT2D eigenvalue weighted by atomic mass is 10.0. The van der Waals surface area contributed by atoms with E-state index in [1.807, 2.05) is 59.2 Å². The Bertz CT molecular complexity index is 1220. The second-order valence-electron chi connectivity index (χ2n) is 8.18. The molecule has 0 saturated carbocycles. The summed E-state index contributed by atoms with van der Waals surface area (Å²) in [7, 11) is 0. The van der Waals surface area contributed by atoms with Crippen LogP contribution in [0.4, 0.5) is 0 Å². The summed E-state index contributed by atoms with van der Waals surface area (Å²) in [6.07, 6.45) is 3.87. The van der Waals surface area contributed by atoms with E-state index in [2.05, 4.69) is 15.0 Å². The molecule has 5 rings (SSSR count). The average molecular weight is 437 g/mol. The molecule has 0 bridgehead atoms. The highest BCUT2D eigenvalue weighted by Gasteiger charge is 2.23. The van der Waals surface area contributed by atoms with Gasteiger partial charge in [0.25, 0.3) is 0 Å². The third-order valence-corrected chi connectivity index (χ3v) is 6.39. The fourth-order valence-corrected chi connectivity index (χ4v) is 4.63. The molecule has 1 saturated heterocycles. The normalized spacial score (nSPS) is 15.6. The molecule has 1 fully saturated rings. The summed E-state index contributed by atoms with van der Waals surface area (Å²) in [5, 5.41) is 4.90. The molecule has 160 valence electrons. The van der Waals surface area contributed by atoms with Crippen molar-refractivity contribution in [1.29, 1.82) is 0 Å². The van der Waals surface area contributed by atoms with Crippen LogP contribution in [0.3, 0.4) is 0 Å². The summed E-state index contributed by atoms with van der Waals surface area (Å²) in [5.41, 5.74) is 3.78. The number of nitrogens with one attached hydrogen (secondary N) is 1. The molecular formula is C24H25ClN4O2. The van der Waals surface area contributed by atoms with Crippen LogP contribution in [0.2, 0.25) is 5.02 Å². The monoisotopic (exact) mass is 436 g/mol. The Morgan fingerprint density at radius 2 is 1.87 bits per heavy atom. The van der Waals surface area contributed by atoms with Crippen molar-refractivity contribution in [2.45, 2.75) is 31.7 Å². The minimum Gasteiger partial charge on any atom is -0.361 e. The predicted molar refractivity (Wildman–Crippen MR) is 123 cm³/mol. The van der Waals surface area contributed by atoms with Crippen molar-refractivity contribution in [2.75, 3.05) is 19.6 Å². The van der Waals surface area contributed by atoms with E-state index in [9.17, 15) is 4.79 Å². The Hall–Kier alpha value is -2.83. The number of aromatic amines is 1. The van der Waals surface area contributed by atoms with Gasteiger partial charge >= 0.3 is 5.69 Å². The van der Waals surface area contributed by atoms with E-state index in [0.29, 0.717) is 5.02 Å². The molecule has 3 heterocycles. The van der Waals surface area contributed by atoms with E-state index in [1.54, 1.807) is 0 Å². The van der Waals surface area contributed by atoms with Crippen LogP contribution in [0, 0.1) is 0 Å². The quantitative estimate of drug-likeness (QED) is 0.466. The first-order valence-electron chi connectivity index (χ1n) is 10.8. The van der Waals surface area contributed by atoms with Crippen molar-refractivity contribution >= 4 is 22.6 Å². The van der Waals surface area contributed by atoms with Crippen molar-refractivity contribution in [1.82, 2.24) is 19.6 Å². The zero-order chi connectivity index (χ0) is 21.2. The number of hydrogen-bond acceptors (Lipinski definition) is 4. The molecule has 2 aromatic carbocycles. The van der Waals surface area contributed by atoms with Crippen molar-refractivity contribution in [3.8, 4) is 11.3 Å². The van der Waals surface area contributed by atoms with Crippen LogP contribution in [-0.4, -0.2) is 39.2 Å². The van der Waals surface area contributed by atoms with E-state index in [-0.39, 0.29) is 11.7 Å². The van der Waals surface area contributed by atoms with Gasteiger partial charge < -0.3 is 14.4 Å². The molecule has 0 amide bonds. The molecule has 0 spiro atoms. The Labute approximate surface area is 185 Å². The minimum absolute atomic E-state index is 0.00135. The summed E-state index contributed by atoms with van der Waals surface area (Å²) in [6.45, 7) is 3.03. The van der Waals surface area contributed by atoms with E-state index in [4.69, 9.17) is 16.1 Å². The van der Waals surface area contributed by atoms with Crippen LogP contribution in [-0.2, 0) is 6.42 Å². The number of H-pyrrole nitrogens is 1. The molecule has 0 unspecified atom stereocenters. The van der Waals surface area contributed by atoms with Crippen LogP contribution in [0.1, 0.15) is 31.1 Å². The molecule has 2 aromatic heterocycles. The van der Waals surface area contributed by atoms with E-state index < -0.39 is 0 Å². The number of aryl methyl sites for hydroxylation is 1. The largest absolute Gasteiger partial charge is 0.361 e. The highest BCUT2D eigenvalue weighted by molar-refractivity contribution is 6.30. The third-order valence-electron chi connectivity index (χ3n) is 6.14. The van der Waals surface area contributed by atoms with Crippen LogP contribution in [0.25, 0.3) is 22.3 Å². The Morgan fingerprint density at radius 1 is 1.10 bits per heavy atom. The maximum atomic E-state index is 12.4. The second kappa shape index (κ2) is 8.73. The van der Waals surface area contributed by atoms with Crippen molar-refractivity contribution < 1.29 is 4.52 Å². The number of rotatable bonds is 6. The lowest BCUT2D eigenvalue weighted by Crippen LogP contribution is -2.37. The topological polar surface area (TPSA) is 67.1 Å².